The summed E-state index contributed by atoms with van der Waals surface area (Å²) >= 11 is 0. The number of nitrogens with zero attached hydrogens (tertiary/aromatic N) is 1. The predicted octanol–water partition coefficient (Wildman–Crippen LogP) is 3.04. The Hall–Kier alpha value is -1.36. The number of rotatable bonds is 6. The first kappa shape index (κ1) is 17.7. The van der Waals surface area contributed by atoms with E-state index in [1.165, 1.54) is 5.56 Å². The number of carbonyl (C=O) groups is 1. The highest BCUT2D eigenvalue weighted by molar-refractivity contribution is 7.84. The fourth-order valence-corrected chi connectivity index (χ4v) is 3.03. The molecule has 1 aromatic carbocycles. The van der Waals surface area contributed by atoms with Gasteiger partial charge in [0.25, 0.3) is 0 Å². The molecule has 0 saturated carbocycles. The fraction of sp³-hybridized carbons (Fsp3) is 0.562. The Morgan fingerprint density at radius 3 is 2.52 bits per heavy atom. The van der Waals surface area contributed by atoms with Crippen molar-refractivity contribution in [1.82, 2.24) is 4.90 Å². The number of benzene rings is 1. The standard InChI is InChI=1S/C16H26N2O2S/c1-6-13-8-9-14(7-2)15(10-13)17-16(19)18(4)12(3)11-21(5)20/h8-10,12H,6-7,11H2,1-5H3,(H,17,19)/t12-,21+/m1/s1. The topological polar surface area (TPSA) is 49.4 Å². The van der Waals surface area contributed by atoms with E-state index in [9.17, 15) is 9.00 Å². The molecule has 0 aromatic heterocycles. The maximum atomic E-state index is 12.3. The Morgan fingerprint density at radius 2 is 2.00 bits per heavy atom. The summed E-state index contributed by atoms with van der Waals surface area (Å²) in [6, 6.07) is 5.99. The molecule has 1 N–H and O–H groups in total. The van der Waals surface area contributed by atoms with Gasteiger partial charge in [0.2, 0.25) is 0 Å². The number of amides is 2. The van der Waals surface area contributed by atoms with E-state index in [1.54, 1.807) is 18.2 Å². The van der Waals surface area contributed by atoms with Crippen LogP contribution in [0.1, 0.15) is 31.9 Å². The summed E-state index contributed by atoms with van der Waals surface area (Å²) in [4.78, 5) is 13.9. The minimum absolute atomic E-state index is 0.0599. The highest BCUT2D eigenvalue weighted by Crippen LogP contribution is 2.19. The van der Waals surface area contributed by atoms with Crippen LogP contribution in [0.2, 0.25) is 0 Å². The van der Waals surface area contributed by atoms with Crippen LogP contribution in [0.4, 0.5) is 10.5 Å². The van der Waals surface area contributed by atoms with Crippen LogP contribution < -0.4 is 5.32 Å². The van der Waals surface area contributed by atoms with Crippen LogP contribution in [0.25, 0.3) is 0 Å². The quantitative estimate of drug-likeness (QED) is 0.878. The molecule has 0 unspecified atom stereocenters. The molecule has 118 valence electrons. The second-order valence-electron chi connectivity index (χ2n) is 5.33. The molecule has 4 nitrogen and oxygen atoms in total. The summed E-state index contributed by atoms with van der Waals surface area (Å²) in [7, 11) is 0.826. The van der Waals surface area contributed by atoms with Gasteiger partial charge in [0.15, 0.2) is 0 Å². The molecule has 0 bridgehead atoms. The van der Waals surface area contributed by atoms with Gasteiger partial charge in [-0.25, -0.2) is 4.79 Å². The summed E-state index contributed by atoms with van der Waals surface area (Å²) in [5, 5.41) is 2.98. The number of nitrogens with one attached hydrogen (secondary N) is 1. The first-order valence-corrected chi connectivity index (χ1v) is 9.07. The van der Waals surface area contributed by atoms with Gasteiger partial charge < -0.3 is 10.2 Å². The molecule has 0 fully saturated rings. The lowest BCUT2D eigenvalue weighted by molar-refractivity contribution is 0.212. The molecule has 2 atom stereocenters. The van der Waals surface area contributed by atoms with E-state index >= 15 is 0 Å². The maximum absolute atomic E-state index is 12.3. The third kappa shape index (κ3) is 5.16. The van der Waals surface area contributed by atoms with Crippen LogP contribution in [0.15, 0.2) is 18.2 Å². The van der Waals surface area contributed by atoms with E-state index in [4.69, 9.17) is 0 Å². The van der Waals surface area contributed by atoms with Gasteiger partial charge in [-0.15, -0.1) is 0 Å². The smallest absolute Gasteiger partial charge is 0.321 e. The van der Waals surface area contributed by atoms with Crippen molar-refractivity contribution >= 4 is 22.5 Å². The van der Waals surface area contributed by atoms with Crippen LogP contribution in [0.3, 0.4) is 0 Å². The van der Waals surface area contributed by atoms with Crippen LogP contribution in [-0.4, -0.2) is 40.2 Å². The lowest BCUT2D eigenvalue weighted by atomic mass is 10.1. The molecule has 0 radical (unpaired) electrons. The van der Waals surface area contributed by atoms with Gasteiger partial charge in [-0.3, -0.25) is 4.21 Å². The van der Waals surface area contributed by atoms with Crippen molar-refractivity contribution in [3.63, 3.8) is 0 Å². The van der Waals surface area contributed by atoms with E-state index < -0.39 is 10.8 Å². The average molecular weight is 310 g/mol. The van der Waals surface area contributed by atoms with Crippen molar-refractivity contribution in [3.8, 4) is 0 Å². The Morgan fingerprint density at radius 1 is 1.33 bits per heavy atom. The summed E-state index contributed by atoms with van der Waals surface area (Å²) in [5.74, 6) is 0.486. The molecule has 0 spiro atoms. The summed E-state index contributed by atoms with van der Waals surface area (Å²) in [5.41, 5.74) is 3.20. The number of carbonyl (C=O) groups excluding carboxylic acids is 1. The Bertz CT molecular complexity index is 517. The SMILES string of the molecule is CCc1ccc(CC)c(NC(=O)N(C)[C@H](C)C[S@](C)=O)c1. The van der Waals surface area contributed by atoms with Gasteiger partial charge in [-0.1, -0.05) is 26.0 Å². The molecule has 0 heterocycles. The molecule has 0 aliphatic carbocycles. The Labute approximate surface area is 130 Å². The molecular weight excluding hydrogens is 284 g/mol. The van der Waals surface area contributed by atoms with Crippen molar-refractivity contribution in [2.24, 2.45) is 0 Å². The number of hydrogen-bond acceptors (Lipinski definition) is 2. The van der Waals surface area contributed by atoms with Crippen molar-refractivity contribution in [3.05, 3.63) is 29.3 Å². The minimum Gasteiger partial charge on any atom is -0.324 e. The maximum Gasteiger partial charge on any atom is 0.321 e. The van der Waals surface area contributed by atoms with Crippen LogP contribution >= 0.6 is 0 Å². The number of urea groups is 1. The molecule has 0 aliphatic rings. The molecule has 5 heteroatoms. The molecular formula is C16H26N2O2S. The zero-order chi connectivity index (χ0) is 16.0. The van der Waals surface area contributed by atoms with Crippen molar-refractivity contribution in [1.29, 1.82) is 0 Å². The average Bonchev–Trinajstić information content (AvgIpc) is 2.45. The van der Waals surface area contributed by atoms with Gasteiger partial charge in [-0.05, 0) is 37.0 Å². The normalized spacial score (nSPS) is 13.6. The van der Waals surface area contributed by atoms with Gasteiger partial charge in [0, 0.05) is 41.6 Å². The lowest BCUT2D eigenvalue weighted by Crippen LogP contribution is -2.41. The highest BCUT2D eigenvalue weighted by atomic mass is 32.2. The number of aryl methyl sites for hydroxylation is 2. The zero-order valence-electron chi connectivity index (χ0n) is 13.6. The van der Waals surface area contributed by atoms with Gasteiger partial charge in [0.05, 0.1) is 0 Å². The number of anilines is 1. The second-order valence-corrected chi connectivity index (χ2v) is 6.81. The van der Waals surface area contributed by atoms with E-state index in [2.05, 4.69) is 31.3 Å². The lowest BCUT2D eigenvalue weighted by Gasteiger charge is -2.25. The van der Waals surface area contributed by atoms with Gasteiger partial charge in [-0.2, -0.15) is 0 Å². The van der Waals surface area contributed by atoms with E-state index in [0.29, 0.717) is 5.75 Å². The largest absolute Gasteiger partial charge is 0.324 e. The summed E-state index contributed by atoms with van der Waals surface area (Å²) in [6.45, 7) is 6.07. The molecule has 1 aromatic rings. The van der Waals surface area contributed by atoms with Crippen LogP contribution in [0, 0.1) is 0 Å². The van der Waals surface area contributed by atoms with Crippen LogP contribution in [0.5, 0.6) is 0 Å². The van der Waals surface area contributed by atoms with Crippen LogP contribution in [-0.2, 0) is 23.6 Å². The monoisotopic (exact) mass is 310 g/mol. The Balaban J connectivity index is 2.84. The molecule has 21 heavy (non-hydrogen) atoms. The van der Waals surface area contributed by atoms with Crippen molar-refractivity contribution < 1.29 is 9.00 Å². The third-order valence-electron chi connectivity index (χ3n) is 3.66. The van der Waals surface area contributed by atoms with Gasteiger partial charge >= 0.3 is 6.03 Å². The zero-order valence-corrected chi connectivity index (χ0v) is 14.4. The minimum atomic E-state index is -0.912. The van der Waals surface area contributed by atoms with E-state index in [0.717, 1.165) is 24.1 Å². The molecule has 2 amide bonds. The third-order valence-corrected chi connectivity index (χ3v) is 4.61. The summed E-state index contributed by atoms with van der Waals surface area (Å²) < 4.78 is 11.3. The molecule has 0 saturated heterocycles. The predicted molar refractivity (Wildman–Crippen MR) is 90.4 cm³/mol. The molecule has 0 aliphatic heterocycles. The van der Waals surface area contributed by atoms with E-state index in [-0.39, 0.29) is 12.1 Å². The fourth-order valence-electron chi connectivity index (χ4n) is 2.12. The van der Waals surface area contributed by atoms with E-state index in [1.807, 2.05) is 13.0 Å². The Kier molecular flexibility index (Phi) is 6.89. The second kappa shape index (κ2) is 8.17. The molecule has 1 rings (SSSR count). The first-order valence-electron chi connectivity index (χ1n) is 7.34. The van der Waals surface area contributed by atoms with Gasteiger partial charge in [0.1, 0.15) is 0 Å². The first-order chi connectivity index (χ1) is 9.88. The number of hydrogen-bond donors (Lipinski definition) is 1. The van der Waals surface area contributed by atoms with Crippen molar-refractivity contribution in [2.45, 2.75) is 39.7 Å². The summed E-state index contributed by atoms with van der Waals surface area (Å²) in [6.07, 6.45) is 3.47. The highest BCUT2D eigenvalue weighted by Gasteiger charge is 2.17. The van der Waals surface area contributed by atoms with Crippen molar-refractivity contribution in [2.75, 3.05) is 24.4 Å².